The summed E-state index contributed by atoms with van der Waals surface area (Å²) >= 11 is 11.6. The number of nitrogens with one attached hydrogen (secondary N) is 1. The second-order valence-corrected chi connectivity index (χ2v) is 6.33. The van der Waals surface area contributed by atoms with Crippen LogP contribution in [0.3, 0.4) is 0 Å². The minimum absolute atomic E-state index is 0.0937. The van der Waals surface area contributed by atoms with Gasteiger partial charge in [-0.15, -0.1) is 0 Å². The van der Waals surface area contributed by atoms with E-state index < -0.39 is 29.2 Å². The summed E-state index contributed by atoms with van der Waals surface area (Å²) in [6, 6.07) is 2.38. The van der Waals surface area contributed by atoms with Crippen LogP contribution in [0.5, 0.6) is 0 Å². The number of rotatable bonds is 5. The summed E-state index contributed by atoms with van der Waals surface area (Å²) in [7, 11) is -4.16. The summed E-state index contributed by atoms with van der Waals surface area (Å²) in [5.74, 6) is 0. The first-order valence-corrected chi connectivity index (χ1v) is 7.56. The predicted molar refractivity (Wildman–Crippen MR) is 70.2 cm³/mol. The Hall–Kier alpha value is -0.540. The molecule has 0 bridgehead atoms. The summed E-state index contributed by atoms with van der Waals surface area (Å²) < 4.78 is 61.5. The minimum Gasteiger partial charge on any atom is -0.326 e. The Morgan fingerprint density at radius 3 is 2.35 bits per heavy atom. The maximum absolute atomic E-state index is 12.0. The molecule has 0 aliphatic rings. The van der Waals surface area contributed by atoms with Crippen molar-refractivity contribution in [1.29, 1.82) is 0 Å². The third-order valence-electron chi connectivity index (χ3n) is 2.34. The SMILES string of the molecule is NCc1c(Cl)ccc(S(=O)(=O)NCCC(F)(F)F)c1Cl. The Morgan fingerprint density at radius 1 is 1.25 bits per heavy atom. The number of hydrogen-bond donors (Lipinski definition) is 2. The van der Waals surface area contributed by atoms with E-state index >= 15 is 0 Å². The summed E-state index contributed by atoms with van der Waals surface area (Å²) in [4.78, 5) is -0.355. The molecule has 0 aliphatic carbocycles. The summed E-state index contributed by atoms with van der Waals surface area (Å²) in [5, 5.41) is -0.00810. The zero-order valence-electron chi connectivity index (χ0n) is 9.97. The molecular formula is C10H11Cl2F3N2O2S. The van der Waals surface area contributed by atoms with Gasteiger partial charge in [0.05, 0.1) is 11.4 Å². The highest BCUT2D eigenvalue weighted by atomic mass is 35.5. The van der Waals surface area contributed by atoms with Crippen LogP contribution >= 0.6 is 23.2 Å². The lowest BCUT2D eigenvalue weighted by Gasteiger charge is -2.12. The largest absolute Gasteiger partial charge is 0.390 e. The molecule has 20 heavy (non-hydrogen) atoms. The molecule has 0 radical (unpaired) electrons. The molecule has 10 heteroatoms. The molecule has 0 spiro atoms. The van der Waals surface area contributed by atoms with Crippen molar-refractivity contribution in [3.05, 3.63) is 27.7 Å². The lowest BCUT2D eigenvalue weighted by Crippen LogP contribution is -2.28. The first kappa shape index (κ1) is 17.5. The fourth-order valence-electron chi connectivity index (χ4n) is 1.38. The molecule has 0 amide bonds. The van der Waals surface area contributed by atoms with Gasteiger partial charge in [0.2, 0.25) is 10.0 Å². The average molecular weight is 351 g/mol. The standard InChI is InChI=1S/C10H11Cl2F3N2O2S/c11-7-1-2-8(9(12)6(7)5-16)20(18,19)17-4-3-10(13,14)15/h1-2,17H,3-5,16H2. The Morgan fingerprint density at radius 2 is 1.85 bits per heavy atom. The molecule has 0 fully saturated rings. The van der Waals surface area contributed by atoms with E-state index in [1.54, 1.807) is 0 Å². The monoisotopic (exact) mass is 350 g/mol. The number of benzene rings is 1. The van der Waals surface area contributed by atoms with Gasteiger partial charge >= 0.3 is 6.18 Å². The molecule has 0 saturated heterocycles. The maximum Gasteiger partial charge on any atom is 0.390 e. The van der Waals surface area contributed by atoms with Crippen LogP contribution in [0, 0.1) is 0 Å². The van der Waals surface area contributed by atoms with Gasteiger partial charge in [0, 0.05) is 23.7 Å². The predicted octanol–water partition coefficient (Wildman–Crippen LogP) is 2.68. The molecule has 1 aromatic carbocycles. The van der Waals surface area contributed by atoms with E-state index in [0.29, 0.717) is 0 Å². The molecule has 114 valence electrons. The van der Waals surface area contributed by atoms with Crippen molar-refractivity contribution in [1.82, 2.24) is 4.72 Å². The van der Waals surface area contributed by atoms with Crippen LogP contribution in [-0.4, -0.2) is 21.1 Å². The van der Waals surface area contributed by atoms with E-state index in [2.05, 4.69) is 0 Å². The summed E-state index contributed by atoms with van der Waals surface area (Å²) in [6.45, 7) is -0.869. The van der Waals surface area contributed by atoms with Crippen molar-refractivity contribution in [3.63, 3.8) is 0 Å². The number of sulfonamides is 1. The van der Waals surface area contributed by atoms with Crippen LogP contribution in [0.25, 0.3) is 0 Å². The number of nitrogens with two attached hydrogens (primary N) is 1. The Balaban J connectivity index is 2.99. The van der Waals surface area contributed by atoms with Gasteiger partial charge in [-0.1, -0.05) is 23.2 Å². The highest BCUT2D eigenvalue weighted by Crippen LogP contribution is 2.30. The quantitative estimate of drug-likeness (QED) is 0.857. The first-order chi connectivity index (χ1) is 9.08. The smallest absolute Gasteiger partial charge is 0.326 e. The second-order valence-electron chi connectivity index (χ2n) is 3.81. The summed E-state index contributed by atoms with van der Waals surface area (Å²) in [5.41, 5.74) is 5.60. The fraction of sp³-hybridized carbons (Fsp3) is 0.400. The van der Waals surface area contributed by atoms with Crippen molar-refractivity contribution in [2.75, 3.05) is 6.54 Å². The van der Waals surface area contributed by atoms with Gasteiger partial charge in [0.15, 0.2) is 0 Å². The normalized spacial score (nSPS) is 12.7. The third-order valence-corrected chi connectivity index (χ3v) is 4.75. The van der Waals surface area contributed by atoms with Crippen molar-refractivity contribution in [2.45, 2.75) is 24.0 Å². The topological polar surface area (TPSA) is 72.2 Å². The van der Waals surface area contributed by atoms with Gasteiger partial charge in [-0.2, -0.15) is 13.2 Å². The van der Waals surface area contributed by atoms with Crippen LogP contribution in [0.2, 0.25) is 10.0 Å². The maximum atomic E-state index is 12.0. The molecule has 4 nitrogen and oxygen atoms in total. The van der Waals surface area contributed by atoms with Crippen LogP contribution in [0.1, 0.15) is 12.0 Å². The van der Waals surface area contributed by atoms with Crippen molar-refractivity contribution in [3.8, 4) is 0 Å². The average Bonchev–Trinajstić information content (AvgIpc) is 2.26. The molecule has 0 aliphatic heterocycles. The molecule has 1 aromatic rings. The molecule has 0 heterocycles. The molecule has 3 N–H and O–H groups in total. The van der Waals surface area contributed by atoms with E-state index in [1.807, 2.05) is 4.72 Å². The van der Waals surface area contributed by atoms with Gasteiger partial charge < -0.3 is 5.73 Å². The third kappa shape index (κ3) is 4.49. The van der Waals surface area contributed by atoms with E-state index in [-0.39, 0.29) is 27.0 Å². The highest BCUT2D eigenvalue weighted by Gasteiger charge is 2.28. The molecular weight excluding hydrogens is 340 g/mol. The van der Waals surface area contributed by atoms with Gasteiger partial charge in [0.1, 0.15) is 4.90 Å². The zero-order chi connectivity index (χ0) is 15.6. The van der Waals surface area contributed by atoms with E-state index in [4.69, 9.17) is 28.9 Å². The van der Waals surface area contributed by atoms with Gasteiger partial charge in [-0.25, -0.2) is 13.1 Å². The molecule has 1 rings (SSSR count). The molecule has 0 aromatic heterocycles. The number of halogens is 5. The molecule has 0 saturated carbocycles. The Bertz CT molecular complexity index is 591. The molecule has 0 unspecified atom stereocenters. The fourth-order valence-corrected chi connectivity index (χ4v) is 3.34. The second kappa shape index (κ2) is 6.48. The Labute approximate surface area is 124 Å². The van der Waals surface area contributed by atoms with Crippen LogP contribution < -0.4 is 10.5 Å². The van der Waals surface area contributed by atoms with E-state index in [1.165, 1.54) is 6.07 Å². The number of hydrogen-bond acceptors (Lipinski definition) is 3. The van der Waals surface area contributed by atoms with Crippen molar-refractivity contribution >= 4 is 33.2 Å². The lowest BCUT2D eigenvalue weighted by molar-refractivity contribution is -0.132. The van der Waals surface area contributed by atoms with Crippen molar-refractivity contribution in [2.24, 2.45) is 5.73 Å². The van der Waals surface area contributed by atoms with Gasteiger partial charge in [0.25, 0.3) is 0 Å². The summed E-state index contributed by atoms with van der Waals surface area (Å²) in [6.07, 6.45) is -5.73. The van der Waals surface area contributed by atoms with Crippen LogP contribution in [-0.2, 0) is 16.6 Å². The van der Waals surface area contributed by atoms with E-state index in [0.717, 1.165) is 6.07 Å². The highest BCUT2D eigenvalue weighted by molar-refractivity contribution is 7.89. The molecule has 0 atom stereocenters. The minimum atomic E-state index is -4.45. The van der Waals surface area contributed by atoms with Gasteiger partial charge in [-0.3, -0.25) is 0 Å². The lowest BCUT2D eigenvalue weighted by atomic mass is 10.2. The van der Waals surface area contributed by atoms with Gasteiger partial charge in [-0.05, 0) is 12.1 Å². The van der Waals surface area contributed by atoms with Crippen LogP contribution in [0.4, 0.5) is 13.2 Å². The van der Waals surface area contributed by atoms with E-state index in [9.17, 15) is 21.6 Å². The Kier molecular flexibility index (Phi) is 5.68. The van der Waals surface area contributed by atoms with Crippen molar-refractivity contribution < 1.29 is 21.6 Å². The number of alkyl halides is 3. The first-order valence-electron chi connectivity index (χ1n) is 5.32. The zero-order valence-corrected chi connectivity index (χ0v) is 12.3. The van der Waals surface area contributed by atoms with Crippen LogP contribution in [0.15, 0.2) is 17.0 Å².